The summed E-state index contributed by atoms with van der Waals surface area (Å²) < 4.78 is 20.0. The van der Waals surface area contributed by atoms with Gasteiger partial charge in [0.25, 0.3) is 0 Å². The third-order valence-corrected chi connectivity index (χ3v) is 5.59. The molecule has 0 atom stereocenters. The standard InChI is InChI=1S/C24H24N6O8S/c1-13-7-16(25)22(35-3)10-18(13)28-30-21-9-19(26-12-34-2)20(11-23(21)36-4)29-27-17-6-5-14(39-38-37-33)8-15(17)24(31)32/h5-12,33H,25H2,1-4H3,(H,31,32). The molecule has 0 saturated carbocycles. The van der Waals surface area contributed by atoms with Crippen molar-refractivity contribution in [2.24, 2.45) is 25.4 Å². The first-order chi connectivity index (χ1) is 18.8. The molecule has 3 aromatic rings. The number of benzene rings is 3. The van der Waals surface area contributed by atoms with Crippen molar-refractivity contribution in [3.8, 4) is 11.5 Å². The normalized spacial score (nSPS) is 11.5. The number of nitrogens with two attached hydrogens (primary N) is 1. The summed E-state index contributed by atoms with van der Waals surface area (Å²) in [6, 6.07) is 10.7. The van der Waals surface area contributed by atoms with E-state index in [-0.39, 0.29) is 16.9 Å². The Morgan fingerprint density at radius 3 is 2.21 bits per heavy atom. The zero-order chi connectivity index (χ0) is 28.4. The number of aromatic carboxylic acids is 1. The molecule has 0 amide bonds. The number of carbonyl (C=O) groups is 1. The zero-order valence-electron chi connectivity index (χ0n) is 21.2. The number of hydrogen-bond donors (Lipinski definition) is 3. The molecule has 0 radical (unpaired) electrons. The topological polar surface area (TPSA) is 191 Å². The van der Waals surface area contributed by atoms with Gasteiger partial charge >= 0.3 is 5.97 Å². The molecule has 0 aliphatic carbocycles. The summed E-state index contributed by atoms with van der Waals surface area (Å²) in [4.78, 5) is 16.3. The van der Waals surface area contributed by atoms with Gasteiger partial charge in [0.2, 0.25) is 0 Å². The van der Waals surface area contributed by atoms with Crippen LogP contribution < -0.4 is 15.2 Å². The van der Waals surface area contributed by atoms with E-state index in [9.17, 15) is 9.90 Å². The second kappa shape index (κ2) is 13.8. The Balaban J connectivity index is 2.03. The smallest absolute Gasteiger partial charge is 0.338 e. The average molecular weight is 557 g/mol. The number of aryl methyl sites for hydroxylation is 1. The Hall–Kier alpha value is -4.57. The van der Waals surface area contributed by atoms with E-state index in [4.69, 9.17) is 25.2 Å². The first-order valence-corrected chi connectivity index (χ1v) is 11.6. The van der Waals surface area contributed by atoms with Crippen molar-refractivity contribution in [3.05, 3.63) is 53.6 Å². The van der Waals surface area contributed by atoms with Gasteiger partial charge in [-0.3, -0.25) is 0 Å². The molecule has 3 rings (SSSR count). The van der Waals surface area contributed by atoms with Crippen molar-refractivity contribution < 1.29 is 38.7 Å². The SMILES string of the molecule is COC=Nc1cc(N=Nc2cc(OC)c(N)cc2C)c(OC)cc1N=Nc1ccc(SOOO)cc1C(=O)O. The summed E-state index contributed by atoms with van der Waals surface area (Å²) in [7, 11) is 4.38. The van der Waals surface area contributed by atoms with Gasteiger partial charge in [0, 0.05) is 17.0 Å². The third kappa shape index (κ3) is 7.48. The highest BCUT2D eigenvalue weighted by Crippen LogP contribution is 2.42. The van der Waals surface area contributed by atoms with E-state index in [0.717, 1.165) is 5.56 Å². The van der Waals surface area contributed by atoms with Gasteiger partial charge in [-0.25, -0.2) is 15.0 Å². The molecule has 3 aromatic carbocycles. The second-order valence-corrected chi connectivity index (χ2v) is 8.25. The Morgan fingerprint density at radius 1 is 0.872 bits per heavy atom. The molecule has 0 aliphatic heterocycles. The van der Waals surface area contributed by atoms with E-state index in [1.807, 2.05) is 6.92 Å². The van der Waals surface area contributed by atoms with Crippen LogP contribution in [0.2, 0.25) is 0 Å². The summed E-state index contributed by atoms with van der Waals surface area (Å²) in [5.74, 6) is -0.489. The molecule has 0 heterocycles. The molecule has 204 valence electrons. The summed E-state index contributed by atoms with van der Waals surface area (Å²) in [5, 5.41) is 38.3. The van der Waals surface area contributed by atoms with E-state index < -0.39 is 5.97 Å². The summed E-state index contributed by atoms with van der Waals surface area (Å²) >= 11 is 0.610. The highest BCUT2D eigenvalue weighted by atomic mass is 32.2. The Morgan fingerprint density at radius 2 is 1.54 bits per heavy atom. The lowest BCUT2D eigenvalue weighted by Gasteiger charge is -2.09. The van der Waals surface area contributed by atoms with Crippen molar-refractivity contribution in [3.63, 3.8) is 0 Å². The minimum atomic E-state index is -1.25. The second-order valence-electron chi connectivity index (χ2n) is 7.47. The quantitative estimate of drug-likeness (QED) is 0.0404. The number of carboxylic acids is 1. The molecule has 0 aliphatic rings. The highest BCUT2D eigenvalue weighted by molar-refractivity contribution is 7.94. The maximum absolute atomic E-state index is 11.8. The summed E-state index contributed by atoms with van der Waals surface area (Å²) in [6.07, 6.45) is 1.19. The first-order valence-electron chi connectivity index (χ1n) is 10.9. The maximum Gasteiger partial charge on any atom is 0.338 e. The van der Waals surface area contributed by atoms with Gasteiger partial charge in [0.15, 0.2) is 6.40 Å². The molecule has 0 saturated heterocycles. The lowest BCUT2D eigenvalue weighted by Crippen LogP contribution is -1.97. The number of aliphatic imine (C=N–C) groups is 1. The Kier molecular flexibility index (Phi) is 10.3. The van der Waals surface area contributed by atoms with Crippen LogP contribution in [0.5, 0.6) is 11.5 Å². The van der Waals surface area contributed by atoms with Gasteiger partial charge in [0.05, 0.1) is 56.0 Å². The Bertz CT molecular complexity index is 1430. The van der Waals surface area contributed by atoms with Crippen LogP contribution in [0.3, 0.4) is 0 Å². The van der Waals surface area contributed by atoms with Crippen LogP contribution in [0.25, 0.3) is 0 Å². The number of rotatable bonds is 12. The van der Waals surface area contributed by atoms with Crippen LogP contribution in [0.15, 0.2) is 72.8 Å². The molecular formula is C24H24N6O8S. The summed E-state index contributed by atoms with van der Waals surface area (Å²) in [5.41, 5.74) is 8.47. The number of anilines is 1. The number of carboxylic acid groups (broad SMARTS) is 1. The van der Waals surface area contributed by atoms with E-state index in [2.05, 4.69) is 34.8 Å². The molecule has 14 nitrogen and oxygen atoms in total. The fraction of sp³-hybridized carbons (Fsp3) is 0.167. The third-order valence-electron chi connectivity index (χ3n) is 5.01. The molecule has 0 spiro atoms. The van der Waals surface area contributed by atoms with Crippen LogP contribution in [-0.4, -0.2) is 44.1 Å². The van der Waals surface area contributed by atoms with Gasteiger partial charge in [-0.1, -0.05) is 5.04 Å². The molecule has 4 N–H and O–H groups in total. The molecule has 0 fully saturated rings. The van der Waals surface area contributed by atoms with Crippen molar-refractivity contribution in [1.29, 1.82) is 0 Å². The predicted octanol–water partition coefficient (Wildman–Crippen LogP) is 6.86. The fourth-order valence-corrected chi connectivity index (χ4v) is 3.56. The number of nitrogen functional groups attached to an aromatic ring is 1. The van der Waals surface area contributed by atoms with E-state index in [1.165, 1.54) is 52.0 Å². The first kappa shape index (κ1) is 29.0. The maximum atomic E-state index is 11.8. The largest absolute Gasteiger partial charge is 0.495 e. The van der Waals surface area contributed by atoms with Crippen molar-refractivity contribution in [2.45, 2.75) is 11.8 Å². The van der Waals surface area contributed by atoms with Crippen LogP contribution in [0, 0.1) is 6.92 Å². The van der Waals surface area contributed by atoms with Gasteiger partial charge < -0.3 is 25.1 Å². The van der Waals surface area contributed by atoms with Crippen LogP contribution >= 0.6 is 12.0 Å². The minimum absolute atomic E-state index is 0.0499. The van der Waals surface area contributed by atoms with Crippen LogP contribution in [0.4, 0.5) is 34.1 Å². The highest BCUT2D eigenvalue weighted by Gasteiger charge is 2.14. The van der Waals surface area contributed by atoms with Gasteiger partial charge in [0.1, 0.15) is 28.6 Å². The minimum Gasteiger partial charge on any atom is -0.495 e. The monoisotopic (exact) mass is 556 g/mol. The molecule has 0 unspecified atom stereocenters. The van der Waals surface area contributed by atoms with E-state index in [1.54, 1.807) is 18.2 Å². The fourth-order valence-electron chi connectivity index (χ4n) is 3.16. The molecule has 39 heavy (non-hydrogen) atoms. The lowest BCUT2D eigenvalue weighted by atomic mass is 10.1. The van der Waals surface area contributed by atoms with Crippen molar-refractivity contribution in [1.82, 2.24) is 0 Å². The summed E-state index contributed by atoms with van der Waals surface area (Å²) in [6.45, 7) is 1.84. The lowest BCUT2D eigenvalue weighted by molar-refractivity contribution is -0.432. The molecule has 15 heteroatoms. The predicted molar refractivity (Wildman–Crippen MR) is 143 cm³/mol. The molecule has 0 aromatic heterocycles. The number of hydrogen-bond acceptors (Lipinski definition) is 14. The van der Waals surface area contributed by atoms with Crippen molar-refractivity contribution in [2.75, 3.05) is 27.1 Å². The number of nitrogens with zero attached hydrogens (tertiary/aromatic N) is 5. The van der Waals surface area contributed by atoms with Gasteiger partial charge in [-0.15, -0.1) is 19.7 Å². The van der Waals surface area contributed by atoms with Crippen LogP contribution in [0.1, 0.15) is 15.9 Å². The molecule has 0 bridgehead atoms. The average Bonchev–Trinajstić information content (AvgIpc) is 2.93. The van der Waals surface area contributed by atoms with Crippen LogP contribution in [-0.2, 0) is 14.1 Å². The number of azo groups is 2. The van der Waals surface area contributed by atoms with E-state index in [0.29, 0.717) is 51.2 Å². The number of methoxy groups -OCH3 is 3. The van der Waals surface area contributed by atoms with Gasteiger partial charge in [-0.05, 0) is 42.8 Å². The zero-order valence-corrected chi connectivity index (χ0v) is 22.0. The van der Waals surface area contributed by atoms with Gasteiger partial charge in [-0.2, -0.15) is 5.11 Å². The molecular weight excluding hydrogens is 532 g/mol. The number of ether oxygens (including phenoxy) is 3. The Labute approximate surface area is 226 Å². The van der Waals surface area contributed by atoms with Crippen molar-refractivity contribution >= 4 is 58.5 Å². The van der Waals surface area contributed by atoms with E-state index >= 15 is 0 Å².